The molecule has 0 saturated carbocycles. The fourth-order valence-electron chi connectivity index (χ4n) is 6.30. The smallest absolute Gasteiger partial charge is 0.340 e. The number of hydrogen-bond acceptors (Lipinski definition) is 7. The minimum absolute atomic E-state index is 0.0182. The molecule has 0 aliphatic carbocycles. The molecule has 2 saturated heterocycles. The Hall–Kier alpha value is -2.69. The summed E-state index contributed by atoms with van der Waals surface area (Å²) in [6.45, 7) is 8.38. The third-order valence-corrected chi connectivity index (χ3v) is 9.05. The largest absolute Gasteiger partial charge is 0.478 e. The van der Waals surface area contributed by atoms with E-state index in [0.717, 1.165) is 23.7 Å². The van der Waals surface area contributed by atoms with Gasteiger partial charge in [0.2, 0.25) is 0 Å². The average molecular weight is 603 g/mol. The van der Waals surface area contributed by atoms with Gasteiger partial charge in [-0.15, -0.1) is 0 Å². The molecule has 2 fully saturated rings. The van der Waals surface area contributed by atoms with Crippen molar-refractivity contribution in [1.29, 1.82) is 0 Å². The number of ketones is 1. The first-order valence-corrected chi connectivity index (χ1v) is 14.4. The molecule has 2 aliphatic rings. The zero-order chi connectivity index (χ0) is 28.1. The first-order valence-electron chi connectivity index (χ1n) is 13.6. The van der Waals surface area contributed by atoms with Crippen LogP contribution in [0.5, 0.6) is 0 Å². The molecule has 1 aromatic carbocycles. The van der Waals surface area contributed by atoms with Gasteiger partial charge in [0.05, 0.1) is 30.0 Å². The minimum atomic E-state index is -1.06. The summed E-state index contributed by atoms with van der Waals surface area (Å²) in [4.78, 5) is 32.8. The van der Waals surface area contributed by atoms with E-state index in [1.165, 1.54) is 0 Å². The lowest BCUT2D eigenvalue weighted by Gasteiger charge is -2.53. The summed E-state index contributed by atoms with van der Waals surface area (Å²) in [5.41, 5.74) is 1.89. The molecule has 1 spiro atoms. The number of nitrogens with one attached hydrogen (secondary N) is 2. The Kier molecular flexibility index (Phi) is 7.65. The van der Waals surface area contributed by atoms with Crippen molar-refractivity contribution in [2.75, 3.05) is 12.4 Å². The summed E-state index contributed by atoms with van der Waals surface area (Å²) in [6, 6.07) is 5.22. The van der Waals surface area contributed by atoms with Crippen LogP contribution in [0.4, 0.5) is 5.69 Å². The molecule has 10 heteroatoms. The number of carbonyl (C=O) groups is 2. The van der Waals surface area contributed by atoms with Crippen LogP contribution in [-0.4, -0.2) is 51.9 Å². The highest BCUT2D eigenvalue weighted by Gasteiger charge is 2.52. The van der Waals surface area contributed by atoms with E-state index in [0.29, 0.717) is 34.8 Å². The molecule has 7 atom stereocenters. The Bertz CT molecular complexity index is 1380. The third kappa shape index (κ3) is 5.14. The van der Waals surface area contributed by atoms with Crippen LogP contribution in [0.15, 0.2) is 33.3 Å². The highest BCUT2D eigenvalue weighted by Crippen LogP contribution is 2.48. The normalized spacial score (nSPS) is 29.9. The van der Waals surface area contributed by atoms with Gasteiger partial charge in [-0.1, -0.05) is 27.7 Å². The molecule has 0 amide bonds. The topological polar surface area (TPSA) is 127 Å². The van der Waals surface area contributed by atoms with Crippen LogP contribution in [0, 0.1) is 23.7 Å². The van der Waals surface area contributed by atoms with Crippen molar-refractivity contribution in [3.8, 4) is 0 Å². The number of aromatic nitrogens is 2. The number of carbonyl (C=O) groups excluding carboxylic acids is 1. The van der Waals surface area contributed by atoms with E-state index in [1.807, 2.05) is 6.92 Å². The second kappa shape index (κ2) is 10.7. The van der Waals surface area contributed by atoms with Gasteiger partial charge in [0, 0.05) is 36.0 Å². The molecule has 3 N–H and O–H groups in total. The fourth-order valence-corrected chi connectivity index (χ4v) is 6.64. The molecule has 4 heterocycles. The van der Waals surface area contributed by atoms with Crippen LogP contribution < -0.4 is 5.32 Å². The van der Waals surface area contributed by atoms with E-state index >= 15 is 0 Å². The summed E-state index contributed by atoms with van der Waals surface area (Å²) >= 11 is 3.41. The van der Waals surface area contributed by atoms with Gasteiger partial charge in [-0.25, -0.2) is 9.78 Å². The van der Waals surface area contributed by atoms with E-state index in [9.17, 15) is 14.7 Å². The van der Waals surface area contributed by atoms with Crippen molar-refractivity contribution in [2.24, 2.45) is 23.7 Å². The minimum Gasteiger partial charge on any atom is -0.478 e. The number of oxazole rings is 1. The van der Waals surface area contributed by atoms with Crippen LogP contribution in [0.3, 0.4) is 0 Å². The number of halogens is 1. The number of hydrogen-bond donors (Lipinski definition) is 3. The molecule has 0 radical (unpaired) electrons. The number of benzene rings is 1. The number of carboxylic acid groups (broad SMARTS) is 1. The van der Waals surface area contributed by atoms with Crippen molar-refractivity contribution < 1.29 is 28.6 Å². The van der Waals surface area contributed by atoms with Crippen LogP contribution in [0.2, 0.25) is 0 Å². The number of fused-ring (bicyclic) bond motifs is 1. The number of H-pyrrole nitrogens is 1. The van der Waals surface area contributed by atoms with Gasteiger partial charge in [-0.05, 0) is 58.8 Å². The zero-order valence-electron chi connectivity index (χ0n) is 22.9. The molecule has 2 aliphatic heterocycles. The molecule has 9 nitrogen and oxygen atoms in total. The summed E-state index contributed by atoms with van der Waals surface area (Å²) in [5.74, 6) is -1.21. The Morgan fingerprint density at radius 1 is 1.26 bits per heavy atom. The molecular formula is C29H36BrN3O6. The van der Waals surface area contributed by atoms with Gasteiger partial charge < -0.3 is 29.3 Å². The number of ether oxygens (including phenoxy) is 2. The molecule has 210 valence electrons. The SMILES string of the molecule is CNc1ccc2oc(C[C@@H]3O[C@@]4(CC[C@@H]3C)O[C@H]([C@@H](C)C(=O)c3cc(Br)c[nH]3)[C@H](C)C[C@H]4C)nc2c1C(=O)O. The second-order valence-corrected chi connectivity index (χ2v) is 12.2. The highest BCUT2D eigenvalue weighted by atomic mass is 79.9. The van der Waals surface area contributed by atoms with Crippen molar-refractivity contribution in [3.63, 3.8) is 0 Å². The van der Waals surface area contributed by atoms with Crippen molar-refractivity contribution >= 4 is 44.5 Å². The highest BCUT2D eigenvalue weighted by molar-refractivity contribution is 9.10. The van der Waals surface area contributed by atoms with E-state index in [2.05, 4.69) is 52.0 Å². The number of nitrogens with zero attached hydrogens (tertiary/aromatic N) is 1. The van der Waals surface area contributed by atoms with E-state index in [1.54, 1.807) is 31.4 Å². The molecular weight excluding hydrogens is 566 g/mol. The summed E-state index contributed by atoms with van der Waals surface area (Å²) < 4.78 is 20.4. The molecule has 39 heavy (non-hydrogen) atoms. The number of rotatable bonds is 7. The predicted octanol–water partition coefficient (Wildman–Crippen LogP) is 6.29. The lowest BCUT2D eigenvalue weighted by molar-refractivity contribution is -0.355. The van der Waals surface area contributed by atoms with Gasteiger partial charge in [0.15, 0.2) is 23.0 Å². The molecule has 0 bridgehead atoms. The monoisotopic (exact) mass is 601 g/mol. The fraction of sp³-hybridized carbons (Fsp3) is 0.552. The van der Waals surface area contributed by atoms with Crippen LogP contribution in [-0.2, 0) is 15.9 Å². The maximum absolute atomic E-state index is 13.3. The third-order valence-electron chi connectivity index (χ3n) is 8.59. The van der Waals surface area contributed by atoms with Crippen LogP contribution in [0.1, 0.15) is 73.7 Å². The summed E-state index contributed by atoms with van der Waals surface area (Å²) in [7, 11) is 1.68. The quantitative estimate of drug-likeness (QED) is 0.269. The van der Waals surface area contributed by atoms with E-state index in [-0.39, 0.29) is 47.2 Å². The van der Waals surface area contributed by atoms with Gasteiger partial charge in [-0.3, -0.25) is 4.79 Å². The van der Waals surface area contributed by atoms with Crippen LogP contribution >= 0.6 is 15.9 Å². The summed E-state index contributed by atoms with van der Waals surface area (Å²) in [5, 5.41) is 12.7. The summed E-state index contributed by atoms with van der Waals surface area (Å²) in [6.07, 6.45) is 4.16. The Morgan fingerprint density at radius 2 is 2.03 bits per heavy atom. The number of anilines is 1. The van der Waals surface area contributed by atoms with Crippen molar-refractivity contribution in [3.05, 3.63) is 46.0 Å². The number of aromatic carboxylic acids is 1. The maximum atomic E-state index is 13.3. The number of aromatic amines is 1. The molecule has 2 aromatic heterocycles. The van der Waals surface area contributed by atoms with Gasteiger partial charge >= 0.3 is 5.97 Å². The predicted molar refractivity (Wildman–Crippen MR) is 150 cm³/mol. The Balaban J connectivity index is 1.38. The lowest BCUT2D eigenvalue weighted by Crippen LogP contribution is -2.58. The van der Waals surface area contributed by atoms with Crippen molar-refractivity contribution in [1.82, 2.24) is 9.97 Å². The first kappa shape index (κ1) is 27.9. The Morgan fingerprint density at radius 3 is 2.69 bits per heavy atom. The van der Waals surface area contributed by atoms with E-state index < -0.39 is 11.8 Å². The average Bonchev–Trinajstić information content (AvgIpc) is 3.52. The van der Waals surface area contributed by atoms with E-state index in [4.69, 9.17) is 13.9 Å². The van der Waals surface area contributed by atoms with Gasteiger partial charge in [0.25, 0.3) is 0 Å². The molecule has 0 unspecified atom stereocenters. The van der Waals surface area contributed by atoms with Crippen LogP contribution in [0.25, 0.3) is 11.1 Å². The molecule has 5 rings (SSSR count). The van der Waals surface area contributed by atoms with Gasteiger partial charge in [-0.2, -0.15) is 0 Å². The van der Waals surface area contributed by atoms with Gasteiger partial charge in [0.1, 0.15) is 11.1 Å². The lowest BCUT2D eigenvalue weighted by atomic mass is 9.75. The standard InChI is InChI=1S/C29H36BrN3O6/c1-14-8-9-29(16(3)10-15(2)27(39-29)17(4)26(34)20-11-18(30)13-32-20)38-22(14)12-23-33-25-21(37-23)7-6-19(31-5)24(25)28(35)36/h6-7,11,13-17,22,27,31-32H,8-10,12H2,1-5H3,(H,35,36)/t14-,15+,16+,17-,22-,27-,29-/m0/s1. The van der Waals surface area contributed by atoms with Crippen molar-refractivity contribution in [2.45, 2.75) is 71.4 Å². The number of Topliss-reactive ketones (excluding diaryl/α,β-unsaturated/α-hetero) is 1. The maximum Gasteiger partial charge on any atom is 0.340 e. The first-order chi connectivity index (χ1) is 18.5. The zero-order valence-corrected chi connectivity index (χ0v) is 24.5. The molecule has 3 aromatic rings. The number of carboxylic acids is 1. The second-order valence-electron chi connectivity index (χ2n) is 11.3. The Labute approximate surface area is 236 Å².